The van der Waals surface area contributed by atoms with Crippen LogP contribution in [0.5, 0.6) is 0 Å². The fourth-order valence-corrected chi connectivity index (χ4v) is 4.45. The molecule has 1 atom stereocenters. The zero-order valence-electron chi connectivity index (χ0n) is 17.9. The average molecular weight is 449 g/mol. The number of carbonyl (C=O) groups excluding carboxylic acids is 2. The first-order chi connectivity index (χ1) is 15.4. The summed E-state index contributed by atoms with van der Waals surface area (Å²) in [5, 5.41) is 5.90. The molecule has 0 spiro atoms. The second-order valence-electron chi connectivity index (χ2n) is 7.81. The van der Waals surface area contributed by atoms with Crippen LogP contribution in [-0.4, -0.2) is 27.5 Å². The molecule has 2 amide bonds. The number of anilines is 2. The molecule has 1 aromatic heterocycles. The predicted molar refractivity (Wildman–Crippen MR) is 126 cm³/mol. The summed E-state index contributed by atoms with van der Waals surface area (Å²) in [6, 6.07) is 15.6. The summed E-state index contributed by atoms with van der Waals surface area (Å²) < 4.78 is 0. The number of carbonyl (C=O) groups is 2. The van der Waals surface area contributed by atoms with Crippen molar-refractivity contribution in [2.45, 2.75) is 37.8 Å². The fraction of sp³-hybridized carbons (Fsp3) is 0.250. The number of fused-ring (bicyclic) bond motifs is 1. The van der Waals surface area contributed by atoms with Gasteiger partial charge in [-0.25, -0.2) is 4.98 Å². The third-order valence-corrected chi connectivity index (χ3v) is 6.37. The largest absolute Gasteiger partial charge is 0.326 e. The first-order valence-corrected chi connectivity index (χ1v) is 11.4. The van der Waals surface area contributed by atoms with E-state index in [1.165, 1.54) is 17.3 Å². The van der Waals surface area contributed by atoms with Gasteiger partial charge in [-0.15, -0.1) is 0 Å². The Morgan fingerprint density at radius 1 is 1.12 bits per heavy atom. The Hall–Kier alpha value is -3.39. The number of aryl methyl sites for hydroxylation is 3. The van der Waals surface area contributed by atoms with Crippen molar-refractivity contribution in [2.75, 3.05) is 16.4 Å². The Morgan fingerprint density at radius 3 is 2.66 bits per heavy atom. The maximum atomic E-state index is 13.0. The first-order valence-electron chi connectivity index (χ1n) is 10.4. The molecule has 4 rings (SSSR count). The first kappa shape index (κ1) is 21.8. The highest BCUT2D eigenvalue weighted by atomic mass is 32.2. The monoisotopic (exact) mass is 448 g/mol. The summed E-state index contributed by atoms with van der Waals surface area (Å²) in [6.45, 7) is 3.95. The quantitative estimate of drug-likeness (QED) is 0.393. The number of aromatic amines is 1. The lowest BCUT2D eigenvalue weighted by Gasteiger charge is -2.23. The van der Waals surface area contributed by atoms with Crippen LogP contribution in [0.1, 0.15) is 34.6 Å². The molecule has 0 radical (unpaired) electrons. The Balaban J connectivity index is 1.52. The molecule has 164 valence electrons. The summed E-state index contributed by atoms with van der Waals surface area (Å²) in [5.74, 6) is -0.763. The number of rotatable bonds is 6. The standard InChI is InChI=1S/C24H24N4O3S/c1-14-8-9-17(12-15(14)2)25-22(30)18-13-19(29)26-21-20(18)23(31)28-24(27-21)32-11-10-16-6-4-3-5-7-16/h3-9,12,18H,10-11,13H2,1-2H3,(H,25,30)(H2,26,27,28,29,31)/t18-/m0/s1. The van der Waals surface area contributed by atoms with Gasteiger partial charge in [-0.3, -0.25) is 14.4 Å². The van der Waals surface area contributed by atoms with Gasteiger partial charge in [0.2, 0.25) is 11.8 Å². The molecule has 3 aromatic rings. The molecule has 2 heterocycles. The highest BCUT2D eigenvalue weighted by molar-refractivity contribution is 7.99. The second kappa shape index (κ2) is 9.40. The van der Waals surface area contributed by atoms with Crippen LogP contribution in [0.15, 0.2) is 58.5 Å². The molecule has 3 N–H and O–H groups in total. The number of H-pyrrole nitrogens is 1. The van der Waals surface area contributed by atoms with Crippen LogP contribution in [0.3, 0.4) is 0 Å². The molecule has 0 saturated carbocycles. The molecule has 32 heavy (non-hydrogen) atoms. The number of hydrogen-bond donors (Lipinski definition) is 3. The van der Waals surface area contributed by atoms with Crippen LogP contribution in [0.2, 0.25) is 0 Å². The minimum absolute atomic E-state index is 0.102. The van der Waals surface area contributed by atoms with Crippen molar-refractivity contribution in [3.63, 3.8) is 0 Å². The molecule has 0 aliphatic carbocycles. The van der Waals surface area contributed by atoms with E-state index in [0.29, 0.717) is 10.8 Å². The number of nitrogens with one attached hydrogen (secondary N) is 3. The third-order valence-electron chi connectivity index (χ3n) is 5.49. The van der Waals surface area contributed by atoms with Crippen LogP contribution in [0.4, 0.5) is 11.5 Å². The lowest BCUT2D eigenvalue weighted by molar-refractivity contribution is -0.123. The summed E-state index contributed by atoms with van der Waals surface area (Å²) in [4.78, 5) is 45.3. The van der Waals surface area contributed by atoms with Gasteiger partial charge in [-0.05, 0) is 49.1 Å². The smallest absolute Gasteiger partial charge is 0.257 e. The Kier molecular flexibility index (Phi) is 6.41. The minimum Gasteiger partial charge on any atom is -0.326 e. The molecule has 0 fully saturated rings. The number of thioether (sulfide) groups is 1. The van der Waals surface area contributed by atoms with E-state index in [9.17, 15) is 14.4 Å². The number of hydrogen-bond acceptors (Lipinski definition) is 5. The van der Waals surface area contributed by atoms with Crippen LogP contribution < -0.4 is 16.2 Å². The lowest BCUT2D eigenvalue weighted by atomic mass is 9.92. The van der Waals surface area contributed by atoms with Crippen molar-refractivity contribution < 1.29 is 9.59 Å². The van der Waals surface area contributed by atoms with Crippen LogP contribution in [-0.2, 0) is 16.0 Å². The summed E-state index contributed by atoms with van der Waals surface area (Å²) in [6.07, 6.45) is 0.717. The average Bonchev–Trinajstić information content (AvgIpc) is 2.76. The van der Waals surface area contributed by atoms with Gasteiger partial charge in [-0.1, -0.05) is 48.2 Å². The highest BCUT2D eigenvalue weighted by Gasteiger charge is 2.34. The van der Waals surface area contributed by atoms with E-state index in [1.54, 1.807) is 6.07 Å². The molecule has 0 saturated heterocycles. The van der Waals surface area contributed by atoms with Gasteiger partial charge >= 0.3 is 0 Å². The maximum absolute atomic E-state index is 13.0. The van der Waals surface area contributed by atoms with Gasteiger partial charge in [0.05, 0.1) is 11.5 Å². The molecule has 0 bridgehead atoms. The molecule has 0 unspecified atom stereocenters. The highest BCUT2D eigenvalue weighted by Crippen LogP contribution is 2.30. The summed E-state index contributed by atoms with van der Waals surface area (Å²) >= 11 is 1.40. The van der Waals surface area contributed by atoms with Crippen molar-refractivity contribution in [3.05, 3.63) is 81.1 Å². The molecule has 1 aliphatic rings. The SMILES string of the molecule is Cc1ccc(NC(=O)[C@H]2CC(=O)Nc3nc(SCCc4ccccc4)[nH]c(=O)c32)cc1C. The third kappa shape index (κ3) is 4.91. The number of benzene rings is 2. The molecule has 8 heteroatoms. The maximum Gasteiger partial charge on any atom is 0.257 e. The van der Waals surface area contributed by atoms with E-state index in [1.807, 2.05) is 56.3 Å². The summed E-state index contributed by atoms with van der Waals surface area (Å²) in [5.41, 5.74) is 3.76. The normalized spacial score (nSPS) is 15.1. The Morgan fingerprint density at radius 2 is 1.91 bits per heavy atom. The van der Waals surface area contributed by atoms with E-state index >= 15 is 0 Å². The Bertz CT molecular complexity index is 1220. The van der Waals surface area contributed by atoms with Gasteiger partial charge in [-0.2, -0.15) is 0 Å². The number of aromatic nitrogens is 2. The van der Waals surface area contributed by atoms with Gasteiger partial charge in [0.1, 0.15) is 5.82 Å². The van der Waals surface area contributed by atoms with Crippen molar-refractivity contribution in [2.24, 2.45) is 0 Å². The molecular formula is C24H24N4O3S. The van der Waals surface area contributed by atoms with Gasteiger partial charge in [0.25, 0.3) is 5.56 Å². The van der Waals surface area contributed by atoms with Gasteiger partial charge in [0, 0.05) is 17.9 Å². The predicted octanol–water partition coefficient (Wildman–Crippen LogP) is 3.79. The van der Waals surface area contributed by atoms with Crippen LogP contribution >= 0.6 is 11.8 Å². The summed E-state index contributed by atoms with van der Waals surface area (Å²) in [7, 11) is 0. The lowest BCUT2D eigenvalue weighted by Crippen LogP contribution is -2.36. The molecule has 7 nitrogen and oxygen atoms in total. The zero-order valence-corrected chi connectivity index (χ0v) is 18.7. The Labute approximate surface area is 190 Å². The second-order valence-corrected chi connectivity index (χ2v) is 8.89. The van der Waals surface area contributed by atoms with E-state index < -0.39 is 17.4 Å². The number of nitrogens with zero attached hydrogens (tertiary/aromatic N) is 1. The molecular weight excluding hydrogens is 424 g/mol. The topological polar surface area (TPSA) is 104 Å². The van der Waals surface area contributed by atoms with Crippen LogP contribution in [0, 0.1) is 13.8 Å². The van der Waals surface area contributed by atoms with Gasteiger partial charge in [0.15, 0.2) is 5.16 Å². The van der Waals surface area contributed by atoms with E-state index in [-0.39, 0.29) is 23.7 Å². The van der Waals surface area contributed by atoms with Crippen molar-refractivity contribution >= 4 is 35.1 Å². The fourth-order valence-electron chi connectivity index (χ4n) is 3.60. The number of amides is 2. The molecule has 2 aromatic carbocycles. The van der Waals surface area contributed by atoms with Gasteiger partial charge < -0.3 is 15.6 Å². The zero-order chi connectivity index (χ0) is 22.7. The van der Waals surface area contributed by atoms with Crippen molar-refractivity contribution in [3.8, 4) is 0 Å². The van der Waals surface area contributed by atoms with E-state index in [2.05, 4.69) is 20.6 Å². The van der Waals surface area contributed by atoms with E-state index in [4.69, 9.17) is 0 Å². The molecule has 1 aliphatic heterocycles. The minimum atomic E-state index is -0.903. The van der Waals surface area contributed by atoms with Crippen molar-refractivity contribution in [1.82, 2.24) is 9.97 Å². The van der Waals surface area contributed by atoms with Crippen LogP contribution in [0.25, 0.3) is 0 Å². The van der Waals surface area contributed by atoms with Crippen molar-refractivity contribution in [1.29, 1.82) is 0 Å². The van der Waals surface area contributed by atoms with E-state index in [0.717, 1.165) is 23.3 Å².